The van der Waals surface area contributed by atoms with Crippen molar-refractivity contribution in [1.82, 2.24) is 9.88 Å². The van der Waals surface area contributed by atoms with E-state index < -0.39 is 0 Å². The monoisotopic (exact) mass is 192 g/mol. The van der Waals surface area contributed by atoms with Crippen molar-refractivity contribution in [1.29, 1.82) is 0 Å². The van der Waals surface area contributed by atoms with Crippen molar-refractivity contribution in [2.24, 2.45) is 5.92 Å². The molecular formula is C11H16N2O. The van der Waals surface area contributed by atoms with E-state index in [1.807, 2.05) is 7.05 Å². The predicted molar refractivity (Wildman–Crippen MR) is 56.0 cm³/mol. The molecule has 0 aromatic carbocycles. The summed E-state index contributed by atoms with van der Waals surface area (Å²) in [7, 11) is 1.81. The van der Waals surface area contributed by atoms with Crippen LogP contribution in [0.2, 0.25) is 0 Å². The number of amides is 1. The maximum Gasteiger partial charge on any atom is 0.255 e. The van der Waals surface area contributed by atoms with Crippen molar-refractivity contribution in [2.75, 3.05) is 13.6 Å². The second-order valence-corrected chi connectivity index (χ2v) is 3.82. The molecule has 0 atom stereocenters. The van der Waals surface area contributed by atoms with Crippen LogP contribution >= 0.6 is 0 Å². The molecule has 1 heterocycles. The van der Waals surface area contributed by atoms with Gasteiger partial charge in [0.15, 0.2) is 0 Å². The number of hydrogen-bond donors (Lipinski definition) is 0. The summed E-state index contributed by atoms with van der Waals surface area (Å²) in [5.41, 5.74) is 0.649. The maximum atomic E-state index is 11.8. The molecule has 1 aromatic rings. The van der Waals surface area contributed by atoms with Gasteiger partial charge < -0.3 is 4.90 Å². The SMILES string of the molecule is CC(C)CN(C)C(=O)c1cccnc1. The fourth-order valence-corrected chi connectivity index (χ4v) is 1.34. The lowest BCUT2D eigenvalue weighted by Gasteiger charge is -2.18. The zero-order chi connectivity index (χ0) is 10.6. The average Bonchev–Trinajstić information content (AvgIpc) is 2.17. The zero-order valence-corrected chi connectivity index (χ0v) is 8.90. The molecule has 0 unspecified atom stereocenters. The van der Waals surface area contributed by atoms with E-state index in [-0.39, 0.29) is 5.91 Å². The van der Waals surface area contributed by atoms with Crippen LogP contribution in [-0.4, -0.2) is 29.4 Å². The Morgan fingerprint density at radius 2 is 2.29 bits per heavy atom. The molecule has 3 heteroatoms. The summed E-state index contributed by atoms with van der Waals surface area (Å²) in [6.07, 6.45) is 3.26. The van der Waals surface area contributed by atoms with Crippen molar-refractivity contribution < 1.29 is 4.79 Å². The summed E-state index contributed by atoms with van der Waals surface area (Å²) in [4.78, 5) is 17.4. The number of rotatable bonds is 3. The van der Waals surface area contributed by atoms with Crippen LogP contribution in [-0.2, 0) is 0 Å². The predicted octanol–water partition coefficient (Wildman–Crippen LogP) is 1.81. The number of pyridine rings is 1. The normalized spacial score (nSPS) is 10.3. The molecule has 0 saturated carbocycles. The Labute approximate surface area is 84.8 Å². The highest BCUT2D eigenvalue weighted by atomic mass is 16.2. The van der Waals surface area contributed by atoms with E-state index >= 15 is 0 Å². The van der Waals surface area contributed by atoms with Gasteiger partial charge in [-0.05, 0) is 18.1 Å². The molecule has 0 aliphatic heterocycles. The first-order valence-electron chi connectivity index (χ1n) is 4.76. The van der Waals surface area contributed by atoms with Gasteiger partial charge in [-0.3, -0.25) is 9.78 Å². The molecule has 1 amide bonds. The van der Waals surface area contributed by atoms with Gasteiger partial charge in [0.2, 0.25) is 0 Å². The van der Waals surface area contributed by atoms with E-state index in [0.29, 0.717) is 11.5 Å². The highest BCUT2D eigenvalue weighted by molar-refractivity contribution is 5.93. The van der Waals surface area contributed by atoms with Gasteiger partial charge in [-0.15, -0.1) is 0 Å². The van der Waals surface area contributed by atoms with Crippen LogP contribution in [0.3, 0.4) is 0 Å². The van der Waals surface area contributed by atoms with E-state index in [2.05, 4.69) is 18.8 Å². The fourth-order valence-electron chi connectivity index (χ4n) is 1.34. The molecule has 3 nitrogen and oxygen atoms in total. The van der Waals surface area contributed by atoms with Gasteiger partial charge in [0.05, 0.1) is 5.56 Å². The highest BCUT2D eigenvalue weighted by Gasteiger charge is 2.11. The molecule has 14 heavy (non-hydrogen) atoms. The summed E-state index contributed by atoms with van der Waals surface area (Å²) in [6, 6.07) is 3.56. The zero-order valence-electron chi connectivity index (χ0n) is 8.90. The molecule has 76 valence electrons. The van der Waals surface area contributed by atoms with Crippen molar-refractivity contribution in [3.05, 3.63) is 30.1 Å². The molecular weight excluding hydrogens is 176 g/mol. The molecule has 0 N–H and O–H groups in total. The number of aromatic nitrogens is 1. The molecule has 1 aromatic heterocycles. The molecule has 0 spiro atoms. The van der Waals surface area contributed by atoms with Gasteiger partial charge in [-0.25, -0.2) is 0 Å². The Balaban J connectivity index is 2.66. The molecule has 0 radical (unpaired) electrons. The van der Waals surface area contributed by atoms with Gasteiger partial charge in [0.1, 0.15) is 0 Å². The lowest BCUT2D eigenvalue weighted by atomic mass is 10.2. The first kappa shape index (κ1) is 10.7. The first-order valence-corrected chi connectivity index (χ1v) is 4.76. The topological polar surface area (TPSA) is 33.2 Å². The molecule has 0 aliphatic rings. The Hall–Kier alpha value is -1.38. The number of nitrogens with zero attached hydrogens (tertiary/aromatic N) is 2. The first-order chi connectivity index (χ1) is 6.61. The minimum Gasteiger partial charge on any atom is -0.341 e. The third kappa shape index (κ3) is 2.83. The largest absolute Gasteiger partial charge is 0.341 e. The minimum absolute atomic E-state index is 0.0341. The highest BCUT2D eigenvalue weighted by Crippen LogP contribution is 2.03. The number of carbonyl (C=O) groups is 1. The maximum absolute atomic E-state index is 11.8. The summed E-state index contributed by atoms with van der Waals surface area (Å²) in [5.74, 6) is 0.521. The van der Waals surface area contributed by atoms with Gasteiger partial charge in [0.25, 0.3) is 5.91 Å². The number of hydrogen-bond acceptors (Lipinski definition) is 2. The second kappa shape index (κ2) is 4.74. The van der Waals surface area contributed by atoms with Crippen LogP contribution in [0.4, 0.5) is 0 Å². The van der Waals surface area contributed by atoms with E-state index in [0.717, 1.165) is 6.54 Å². The third-order valence-corrected chi connectivity index (χ3v) is 1.89. The Kier molecular flexibility index (Phi) is 3.63. The summed E-state index contributed by atoms with van der Waals surface area (Å²) < 4.78 is 0. The van der Waals surface area contributed by atoms with Crippen LogP contribution in [0.25, 0.3) is 0 Å². The Morgan fingerprint density at radius 1 is 1.57 bits per heavy atom. The van der Waals surface area contributed by atoms with Crippen molar-refractivity contribution >= 4 is 5.91 Å². The van der Waals surface area contributed by atoms with Crippen LogP contribution < -0.4 is 0 Å². The van der Waals surface area contributed by atoms with Gasteiger partial charge in [-0.2, -0.15) is 0 Å². The Morgan fingerprint density at radius 3 is 2.79 bits per heavy atom. The lowest BCUT2D eigenvalue weighted by Crippen LogP contribution is -2.30. The standard InChI is InChI=1S/C11H16N2O/c1-9(2)8-13(3)11(14)10-5-4-6-12-7-10/h4-7,9H,8H2,1-3H3. The average molecular weight is 192 g/mol. The molecule has 0 aliphatic carbocycles. The van der Waals surface area contributed by atoms with E-state index in [9.17, 15) is 4.79 Å². The van der Waals surface area contributed by atoms with Gasteiger partial charge >= 0.3 is 0 Å². The van der Waals surface area contributed by atoms with Crippen LogP contribution in [0.1, 0.15) is 24.2 Å². The molecule has 0 bridgehead atoms. The summed E-state index contributed by atoms with van der Waals surface area (Å²) in [6.45, 7) is 4.95. The lowest BCUT2D eigenvalue weighted by molar-refractivity contribution is 0.0779. The minimum atomic E-state index is 0.0341. The quantitative estimate of drug-likeness (QED) is 0.731. The second-order valence-electron chi connectivity index (χ2n) is 3.82. The summed E-state index contributed by atoms with van der Waals surface area (Å²) in [5, 5.41) is 0. The molecule has 0 fully saturated rings. The third-order valence-electron chi connectivity index (χ3n) is 1.89. The van der Waals surface area contributed by atoms with E-state index in [1.165, 1.54) is 0 Å². The van der Waals surface area contributed by atoms with Crippen molar-refractivity contribution in [2.45, 2.75) is 13.8 Å². The Bertz CT molecular complexity index is 295. The van der Waals surface area contributed by atoms with Gasteiger partial charge in [0, 0.05) is 26.0 Å². The smallest absolute Gasteiger partial charge is 0.255 e. The van der Waals surface area contributed by atoms with Gasteiger partial charge in [-0.1, -0.05) is 13.8 Å². The molecule has 0 saturated heterocycles. The van der Waals surface area contributed by atoms with Crippen LogP contribution in [0.5, 0.6) is 0 Å². The van der Waals surface area contributed by atoms with Crippen LogP contribution in [0, 0.1) is 5.92 Å². The van der Waals surface area contributed by atoms with Crippen molar-refractivity contribution in [3.63, 3.8) is 0 Å². The van der Waals surface area contributed by atoms with E-state index in [4.69, 9.17) is 0 Å². The van der Waals surface area contributed by atoms with E-state index in [1.54, 1.807) is 29.4 Å². The number of carbonyl (C=O) groups excluding carboxylic acids is 1. The summed E-state index contributed by atoms with van der Waals surface area (Å²) >= 11 is 0. The van der Waals surface area contributed by atoms with Crippen molar-refractivity contribution in [3.8, 4) is 0 Å². The molecule has 1 rings (SSSR count). The van der Waals surface area contributed by atoms with Crippen LogP contribution in [0.15, 0.2) is 24.5 Å². The fraction of sp³-hybridized carbons (Fsp3) is 0.455.